The Balaban J connectivity index is 2.06. The van der Waals surface area contributed by atoms with Crippen molar-refractivity contribution in [1.29, 1.82) is 0 Å². The van der Waals surface area contributed by atoms with Crippen LogP contribution in [0.15, 0.2) is 54.4 Å². The second-order valence-electron chi connectivity index (χ2n) is 4.73. The summed E-state index contributed by atoms with van der Waals surface area (Å²) in [5.41, 5.74) is 1.05. The number of hydrogen-bond acceptors (Lipinski definition) is 4. The highest BCUT2D eigenvalue weighted by Gasteiger charge is 2.15. The summed E-state index contributed by atoms with van der Waals surface area (Å²) in [7, 11) is 0. The van der Waals surface area contributed by atoms with Gasteiger partial charge in [-0.25, -0.2) is 4.79 Å². The van der Waals surface area contributed by atoms with Gasteiger partial charge in [-0.1, -0.05) is 30.3 Å². The Morgan fingerprint density at radius 2 is 1.87 bits per heavy atom. The lowest BCUT2D eigenvalue weighted by Gasteiger charge is -2.08. The zero-order chi connectivity index (χ0) is 16.7. The Bertz CT molecular complexity index is 718. The molecule has 0 fully saturated rings. The standard InChI is InChI=1S/C17H16N2O4/c1-12(20)19-15(10-13-6-3-2-4-7-13)17(22)23-11-16(21)14-8-5-9-18-14/h2-10,18H,11H2,1H3,(H,19,20)/b15-10+. The summed E-state index contributed by atoms with van der Waals surface area (Å²) in [6, 6.07) is 12.3. The van der Waals surface area contributed by atoms with Crippen molar-refractivity contribution < 1.29 is 19.1 Å². The van der Waals surface area contributed by atoms with Crippen LogP contribution in [0.4, 0.5) is 0 Å². The number of esters is 1. The molecule has 0 unspecified atom stereocenters. The van der Waals surface area contributed by atoms with E-state index in [4.69, 9.17) is 4.74 Å². The quantitative estimate of drug-likeness (QED) is 0.484. The van der Waals surface area contributed by atoms with Crippen LogP contribution in [0.25, 0.3) is 6.08 Å². The predicted octanol–water partition coefficient (Wildman–Crippen LogP) is 1.92. The normalized spacial score (nSPS) is 10.9. The van der Waals surface area contributed by atoms with Gasteiger partial charge in [-0.15, -0.1) is 0 Å². The molecule has 6 nitrogen and oxygen atoms in total. The van der Waals surface area contributed by atoms with E-state index in [1.807, 2.05) is 6.07 Å². The minimum Gasteiger partial charge on any atom is -0.453 e. The molecule has 2 N–H and O–H groups in total. The van der Waals surface area contributed by atoms with E-state index in [0.29, 0.717) is 5.69 Å². The largest absolute Gasteiger partial charge is 0.453 e. The fourth-order valence-corrected chi connectivity index (χ4v) is 1.84. The molecule has 2 aromatic rings. The molecule has 6 heteroatoms. The number of carbonyl (C=O) groups is 3. The molecule has 118 valence electrons. The van der Waals surface area contributed by atoms with Gasteiger partial charge in [-0.3, -0.25) is 9.59 Å². The van der Waals surface area contributed by atoms with Gasteiger partial charge < -0.3 is 15.0 Å². The molecule has 0 aliphatic rings. The number of aromatic nitrogens is 1. The Morgan fingerprint density at radius 1 is 1.13 bits per heavy atom. The highest BCUT2D eigenvalue weighted by molar-refractivity contribution is 6.00. The minimum atomic E-state index is -0.774. The van der Waals surface area contributed by atoms with Gasteiger partial charge in [0.25, 0.3) is 0 Å². The first kappa shape index (κ1) is 16.2. The third kappa shape index (κ3) is 4.96. The zero-order valence-electron chi connectivity index (χ0n) is 12.5. The third-order valence-corrected chi connectivity index (χ3v) is 2.87. The number of carbonyl (C=O) groups excluding carboxylic acids is 3. The van der Waals surface area contributed by atoms with Gasteiger partial charge in [0.05, 0.1) is 5.69 Å². The first-order valence-corrected chi connectivity index (χ1v) is 6.94. The van der Waals surface area contributed by atoms with Gasteiger partial charge in [0.2, 0.25) is 11.7 Å². The van der Waals surface area contributed by atoms with Crippen molar-refractivity contribution in [3.05, 3.63) is 65.6 Å². The van der Waals surface area contributed by atoms with Gasteiger partial charge in [-0.2, -0.15) is 0 Å². The average Bonchev–Trinajstić information content (AvgIpc) is 3.06. The Hall–Kier alpha value is -3.15. The van der Waals surface area contributed by atoms with E-state index in [1.165, 1.54) is 13.0 Å². The van der Waals surface area contributed by atoms with E-state index in [1.54, 1.807) is 42.6 Å². The maximum Gasteiger partial charge on any atom is 0.355 e. The first-order chi connectivity index (χ1) is 11.1. The number of benzene rings is 1. The number of H-pyrrole nitrogens is 1. The van der Waals surface area contributed by atoms with Gasteiger partial charge in [-0.05, 0) is 23.8 Å². The van der Waals surface area contributed by atoms with Crippen molar-refractivity contribution >= 4 is 23.7 Å². The Labute approximate surface area is 133 Å². The van der Waals surface area contributed by atoms with Crippen LogP contribution in [-0.2, 0) is 14.3 Å². The number of nitrogens with one attached hydrogen (secondary N) is 2. The van der Waals surface area contributed by atoms with E-state index in [2.05, 4.69) is 10.3 Å². The van der Waals surface area contributed by atoms with Crippen molar-refractivity contribution in [1.82, 2.24) is 10.3 Å². The molecule has 0 spiro atoms. The Kier molecular flexibility index (Phi) is 5.46. The second-order valence-corrected chi connectivity index (χ2v) is 4.73. The van der Waals surface area contributed by atoms with Gasteiger partial charge >= 0.3 is 5.97 Å². The predicted molar refractivity (Wildman–Crippen MR) is 84.3 cm³/mol. The number of Topliss-reactive ketones (excluding diaryl/α,β-unsaturated/α-hetero) is 1. The van der Waals surface area contributed by atoms with E-state index in [0.717, 1.165) is 5.56 Å². The molecule has 1 heterocycles. The van der Waals surface area contributed by atoms with Crippen LogP contribution < -0.4 is 5.32 Å². The number of ether oxygens (including phenoxy) is 1. The number of ketones is 1. The third-order valence-electron chi connectivity index (χ3n) is 2.87. The lowest BCUT2D eigenvalue weighted by Crippen LogP contribution is -2.27. The van der Waals surface area contributed by atoms with Crippen LogP contribution in [0.2, 0.25) is 0 Å². The summed E-state index contributed by atoms with van der Waals surface area (Å²) in [5.74, 6) is -1.53. The maximum atomic E-state index is 12.1. The molecule has 0 bridgehead atoms. The van der Waals surface area contributed by atoms with Gasteiger partial charge in [0.15, 0.2) is 6.61 Å². The summed E-state index contributed by atoms with van der Waals surface area (Å²) in [6.45, 7) is 0.876. The zero-order valence-corrected chi connectivity index (χ0v) is 12.5. The van der Waals surface area contributed by atoms with Crippen LogP contribution in [-0.4, -0.2) is 29.3 Å². The van der Waals surface area contributed by atoms with Crippen LogP contribution in [0.5, 0.6) is 0 Å². The number of rotatable bonds is 6. The summed E-state index contributed by atoms with van der Waals surface area (Å²) in [5, 5.41) is 2.42. The fourth-order valence-electron chi connectivity index (χ4n) is 1.84. The fraction of sp³-hybridized carbons (Fsp3) is 0.118. The second kappa shape index (κ2) is 7.74. The molecular formula is C17H16N2O4. The van der Waals surface area contributed by atoms with Crippen molar-refractivity contribution in [2.75, 3.05) is 6.61 Å². The summed E-state index contributed by atoms with van der Waals surface area (Å²) in [6.07, 6.45) is 3.09. The van der Waals surface area contributed by atoms with Crippen molar-refractivity contribution in [2.24, 2.45) is 0 Å². The number of aromatic amines is 1. The van der Waals surface area contributed by atoms with Crippen LogP contribution in [0.1, 0.15) is 23.0 Å². The van der Waals surface area contributed by atoms with Crippen molar-refractivity contribution in [3.63, 3.8) is 0 Å². The maximum absolute atomic E-state index is 12.1. The van der Waals surface area contributed by atoms with Gasteiger partial charge in [0.1, 0.15) is 5.70 Å². The number of amides is 1. The smallest absolute Gasteiger partial charge is 0.355 e. The highest BCUT2D eigenvalue weighted by atomic mass is 16.5. The molecule has 0 aliphatic heterocycles. The Morgan fingerprint density at radius 3 is 2.48 bits per heavy atom. The van der Waals surface area contributed by atoms with Crippen LogP contribution in [0, 0.1) is 0 Å². The lowest BCUT2D eigenvalue weighted by atomic mass is 10.2. The summed E-state index contributed by atoms with van der Waals surface area (Å²) >= 11 is 0. The van der Waals surface area contributed by atoms with Crippen LogP contribution in [0.3, 0.4) is 0 Å². The monoisotopic (exact) mass is 312 g/mol. The molecule has 0 saturated carbocycles. The molecule has 0 atom stereocenters. The first-order valence-electron chi connectivity index (χ1n) is 6.94. The number of hydrogen-bond donors (Lipinski definition) is 2. The molecule has 2 rings (SSSR count). The van der Waals surface area contributed by atoms with Crippen molar-refractivity contribution in [3.8, 4) is 0 Å². The molecule has 0 saturated heterocycles. The molecule has 0 aliphatic carbocycles. The highest BCUT2D eigenvalue weighted by Crippen LogP contribution is 2.07. The molecule has 1 aromatic heterocycles. The van der Waals surface area contributed by atoms with E-state index in [9.17, 15) is 14.4 Å². The molecule has 0 radical (unpaired) electrons. The molecule has 1 aromatic carbocycles. The lowest BCUT2D eigenvalue weighted by molar-refractivity contribution is -0.139. The molecule has 23 heavy (non-hydrogen) atoms. The minimum absolute atomic E-state index is 0.0250. The van der Waals surface area contributed by atoms with E-state index in [-0.39, 0.29) is 11.5 Å². The summed E-state index contributed by atoms with van der Waals surface area (Å²) < 4.78 is 4.97. The SMILES string of the molecule is CC(=O)N/C(=C/c1ccccc1)C(=O)OCC(=O)c1ccc[nH]1. The van der Waals surface area contributed by atoms with E-state index < -0.39 is 18.5 Å². The molecule has 1 amide bonds. The van der Waals surface area contributed by atoms with Crippen molar-refractivity contribution in [2.45, 2.75) is 6.92 Å². The van der Waals surface area contributed by atoms with Crippen LogP contribution >= 0.6 is 0 Å². The topological polar surface area (TPSA) is 88.3 Å². The summed E-state index contributed by atoms with van der Waals surface area (Å²) in [4.78, 5) is 37.9. The average molecular weight is 312 g/mol. The van der Waals surface area contributed by atoms with E-state index >= 15 is 0 Å². The molecular weight excluding hydrogens is 296 g/mol. The van der Waals surface area contributed by atoms with Gasteiger partial charge in [0, 0.05) is 13.1 Å².